The van der Waals surface area contributed by atoms with Crippen molar-refractivity contribution in [2.45, 2.75) is 50.7 Å². The standard InChI is InChI=1S/C23H27N5OS/c1-3-19-9-6-7-15-27(19)21(29)16-30-23-26-25-22(18-11-13-24-14-12-18)28(23)20-10-5-4-8-17(20)2/h4-5,8,10-14,19H,3,6-7,9,15-16H2,1-2H3. The molecule has 2 aromatic heterocycles. The predicted octanol–water partition coefficient (Wildman–Crippen LogP) is 4.52. The first-order valence-corrected chi connectivity index (χ1v) is 11.5. The number of aryl methyl sites for hydroxylation is 1. The first-order chi connectivity index (χ1) is 14.7. The summed E-state index contributed by atoms with van der Waals surface area (Å²) in [5.74, 6) is 1.32. The largest absolute Gasteiger partial charge is 0.339 e. The lowest BCUT2D eigenvalue weighted by Crippen LogP contribution is -2.44. The summed E-state index contributed by atoms with van der Waals surface area (Å²) in [5.41, 5.74) is 3.09. The quantitative estimate of drug-likeness (QED) is 0.548. The lowest BCUT2D eigenvalue weighted by atomic mass is 10.0. The van der Waals surface area contributed by atoms with Crippen LogP contribution in [0.15, 0.2) is 53.9 Å². The molecular formula is C23H27N5OS. The number of carbonyl (C=O) groups is 1. The van der Waals surface area contributed by atoms with Crippen molar-refractivity contribution in [2.24, 2.45) is 0 Å². The van der Waals surface area contributed by atoms with Crippen LogP contribution in [0.25, 0.3) is 17.1 Å². The van der Waals surface area contributed by atoms with Crippen LogP contribution in [0, 0.1) is 6.92 Å². The van der Waals surface area contributed by atoms with E-state index in [1.165, 1.54) is 18.2 Å². The van der Waals surface area contributed by atoms with Crippen LogP contribution in [-0.2, 0) is 4.79 Å². The number of likely N-dealkylation sites (tertiary alicyclic amines) is 1. The van der Waals surface area contributed by atoms with Gasteiger partial charge in [-0.15, -0.1) is 10.2 Å². The molecule has 1 atom stereocenters. The summed E-state index contributed by atoms with van der Waals surface area (Å²) in [4.78, 5) is 19.1. The van der Waals surface area contributed by atoms with Crippen LogP contribution in [0.2, 0.25) is 0 Å². The fourth-order valence-corrected chi connectivity index (χ4v) is 4.88. The van der Waals surface area contributed by atoms with Gasteiger partial charge < -0.3 is 4.90 Å². The normalized spacial score (nSPS) is 16.6. The number of carbonyl (C=O) groups excluding carboxylic acids is 1. The number of hydrogen-bond donors (Lipinski definition) is 0. The predicted molar refractivity (Wildman–Crippen MR) is 120 cm³/mol. The summed E-state index contributed by atoms with van der Waals surface area (Å²) in [6.07, 6.45) is 7.94. The summed E-state index contributed by atoms with van der Waals surface area (Å²) in [7, 11) is 0. The molecule has 4 rings (SSSR count). The van der Waals surface area contributed by atoms with E-state index in [0.29, 0.717) is 11.8 Å². The van der Waals surface area contributed by atoms with Gasteiger partial charge in [-0.1, -0.05) is 36.9 Å². The van der Waals surface area contributed by atoms with Crippen LogP contribution in [0.4, 0.5) is 0 Å². The van der Waals surface area contributed by atoms with Crippen molar-refractivity contribution in [3.8, 4) is 17.1 Å². The van der Waals surface area contributed by atoms with Crippen LogP contribution in [0.3, 0.4) is 0 Å². The Hall–Kier alpha value is -2.67. The van der Waals surface area contributed by atoms with Gasteiger partial charge in [-0.3, -0.25) is 14.3 Å². The molecule has 7 heteroatoms. The Balaban J connectivity index is 1.63. The van der Waals surface area contributed by atoms with Crippen molar-refractivity contribution in [3.63, 3.8) is 0 Å². The van der Waals surface area contributed by atoms with Crippen LogP contribution in [-0.4, -0.2) is 48.9 Å². The van der Waals surface area contributed by atoms with Gasteiger partial charge >= 0.3 is 0 Å². The Morgan fingerprint density at radius 2 is 1.93 bits per heavy atom. The van der Waals surface area contributed by atoms with E-state index >= 15 is 0 Å². The Labute approximate surface area is 181 Å². The summed E-state index contributed by atoms with van der Waals surface area (Å²) >= 11 is 1.46. The Morgan fingerprint density at radius 1 is 1.13 bits per heavy atom. The zero-order valence-electron chi connectivity index (χ0n) is 17.5. The smallest absolute Gasteiger partial charge is 0.233 e. The van der Waals surface area contributed by atoms with E-state index in [9.17, 15) is 4.79 Å². The lowest BCUT2D eigenvalue weighted by Gasteiger charge is -2.35. The third-order valence-corrected chi connectivity index (χ3v) is 6.59. The fraction of sp³-hybridized carbons (Fsp3) is 0.391. The molecule has 1 fully saturated rings. The van der Waals surface area contributed by atoms with Gasteiger partial charge in [0.1, 0.15) is 0 Å². The summed E-state index contributed by atoms with van der Waals surface area (Å²) < 4.78 is 2.05. The molecule has 0 bridgehead atoms. The molecule has 1 aliphatic rings. The molecule has 1 saturated heterocycles. The second-order valence-electron chi connectivity index (χ2n) is 7.60. The highest BCUT2D eigenvalue weighted by Gasteiger charge is 2.26. The zero-order chi connectivity index (χ0) is 20.9. The van der Waals surface area contributed by atoms with Gasteiger partial charge in [0.2, 0.25) is 5.91 Å². The van der Waals surface area contributed by atoms with Gasteiger partial charge in [-0.25, -0.2) is 0 Å². The van der Waals surface area contributed by atoms with E-state index in [4.69, 9.17) is 0 Å². The second kappa shape index (κ2) is 9.43. The van der Waals surface area contributed by atoms with Gasteiger partial charge in [-0.05, 0) is 56.4 Å². The van der Waals surface area contributed by atoms with Gasteiger partial charge in [0.05, 0.1) is 11.4 Å². The van der Waals surface area contributed by atoms with E-state index in [2.05, 4.69) is 50.6 Å². The fourth-order valence-electron chi connectivity index (χ4n) is 4.05. The number of benzene rings is 1. The van der Waals surface area contributed by atoms with Crippen molar-refractivity contribution in [3.05, 3.63) is 54.4 Å². The third-order valence-electron chi connectivity index (χ3n) is 5.67. The van der Waals surface area contributed by atoms with Gasteiger partial charge in [0.25, 0.3) is 0 Å². The topological polar surface area (TPSA) is 63.9 Å². The molecule has 30 heavy (non-hydrogen) atoms. The average molecular weight is 422 g/mol. The van der Waals surface area contributed by atoms with Crippen LogP contribution in [0.5, 0.6) is 0 Å². The Kier molecular flexibility index (Phi) is 6.47. The maximum Gasteiger partial charge on any atom is 0.233 e. The average Bonchev–Trinajstić information content (AvgIpc) is 3.22. The van der Waals surface area contributed by atoms with E-state index in [1.54, 1.807) is 12.4 Å². The van der Waals surface area contributed by atoms with Gasteiger partial charge in [-0.2, -0.15) is 0 Å². The first kappa shape index (κ1) is 20.6. The molecule has 1 unspecified atom stereocenters. The molecule has 0 spiro atoms. The summed E-state index contributed by atoms with van der Waals surface area (Å²) in [6, 6.07) is 12.4. The highest BCUT2D eigenvalue weighted by atomic mass is 32.2. The minimum atomic E-state index is 0.191. The number of aromatic nitrogens is 4. The molecule has 0 radical (unpaired) electrons. The Morgan fingerprint density at radius 3 is 2.70 bits per heavy atom. The minimum Gasteiger partial charge on any atom is -0.339 e. The van der Waals surface area contributed by atoms with Gasteiger partial charge in [0, 0.05) is 30.5 Å². The highest BCUT2D eigenvalue weighted by molar-refractivity contribution is 7.99. The van der Waals surface area contributed by atoms with Crippen LogP contribution in [0.1, 0.15) is 38.2 Å². The molecule has 1 aromatic carbocycles. The molecule has 0 saturated carbocycles. The molecule has 156 valence electrons. The summed E-state index contributed by atoms with van der Waals surface area (Å²) in [5, 5.41) is 9.65. The van der Waals surface area contributed by atoms with E-state index in [0.717, 1.165) is 53.6 Å². The first-order valence-electron chi connectivity index (χ1n) is 10.5. The SMILES string of the molecule is CCC1CCCCN1C(=O)CSc1nnc(-c2ccncc2)n1-c1ccccc1C. The maximum absolute atomic E-state index is 13.0. The van der Waals surface area contributed by atoms with E-state index in [-0.39, 0.29) is 5.91 Å². The third kappa shape index (κ3) is 4.26. The number of thioether (sulfide) groups is 1. The molecule has 3 heterocycles. The van der Waals surface area contributed by atoms with Crippen molar-refractivity contribution < 1.29 is 4.79 Å². The van der Waals surface area contributed by atoms with Crippen molar-refractivity contribution in [2.75, 3.05) is 12.3 Å². The minimum absolute atomic E-state index is 0.191. The lowest BCUT2D eigenvalue weighted by molar-refractivity contribution is -0.132. The van der Waals surface area contributed by atoms with Crippen molar-refractivity contribution >= 4 is 17.7 Å². The number of rotatable bonds is 6. The number of piperidine rings is 1. The molecule has 1 amide bonds. The number of nitrogens with zero attached hydrogens (tertiary/aromatic N) is 5. The second-order valence-corrected chi connectivity index (χ2v) is 8.54. The molecule has 6 nitrogen and oxygen atoms in total. The molecule has 0 N–H and O–H groups in total. The van der Waals surface area contributed by atoms with Crippen molar-refractivity contribution in [1.29, 1.82) is 0 Å². The van der Waals surface area contributed by atoms with Crippen LogP contribution >= 0.6 is 11.8 Å². The van der Waals surface area contributed by atoms with E-state index in [1.807, 2.05) is 24.3 Å². The number of amides is 1. The Bertz CT molecular complexity index is 1000. The molecule has 3 aromatic rings. The molecular weight excluding hydrogens is 394 g/mol. The van der Waals surface area contributed by atoms with Crippen molar-refractivity contribution in [1.82, 2.24) is 24.6 Å². The molecule has 0 aliphatic carbocycles. The summed E-state index contributed by atoms with van der Waals surface area (Å²) in [6.45, 7) is 5.11. The highest BCUT2D eigenvalue weighted by Crippen LogP contribution is 2.30. The number of pyridine rings is 1. The van der Waals surface area contributed by atoms with Crippen LogP contribution < -0.4 is 0 Å². The zero-order valence-corrected chi connectivity index (χ0v) is 18.3. The maximum atomic E-state index is 13.0. The van der Waals surface area contributed by atoms with E-state index < -0.39 is 0 Å². The molecule has 1 aliphatic heterocycles. The number of para-hydroxylation sites is 1. The number of hydrogen-bond acceptors (Lipinski definition) is 5. The van der Waals surface area contributed by atoms with Gasteiger partial charge in [0.15, 0.2) is 11.0 Å². The monoisotopic (exact) mass is 421 g/mol.